The molecule has 13 heteroatoms. The number of benzene rings is 3. The number of nitro groups is 1. The molecule has 0 bridgehead atoms. The summed E-state index contributed by atoms with van der Waals surface area (Å²) in [5, 5.41) is 14.5. The Hall–Kier alpha value is -3.35. The quantitative estimate of drug-likeness (QED) is 0.281. The zero-order chi connectivity index (χ0) is 25.8. The molecule has 0 radical (unpaired) electrons. The van der Waals surface area contributed by atoms with Gasteiger partial charge in [0.15, 0.2) is 4.90 Å². The number of hydrogen-bond donors (Lipinski definition) is 1. The van der Waals surface area contributed by atoms with Gasteiger partial charge in [-0.2, -0.15) is 0 Å². The highest BCUT2D eigenvalue weighted by atomic mass is 79.9. The minimum Gasteiger partial charge on any atom is -0.497 e. The van der Waals surface area contributed by atoms with Crippen molar-refractivity contribution in [3.8, 4) is 11.5 Å². The topological polar surface area (TPSA) is 128 Å². The Morgan fingerprint density at radius 3 is 2.46 bits per heavy atom. The smallest absolute Gasteiger partial charge is 0.289 e. The molecule has 10 nitrogen and oxygen atoms in total. The Labute approximate surface area is 214 Å². The van der Waals surface area contributed by atoms with Gasteiger partial charge in [-0.15, -0.1) is 0 Å². The number of hydrogen-bond acceptors (Lipinski definition) is 7. The molecular weight excluding hydrogens is 566 g/mol. The molecule has 3 rings (SSSR count). The third-order valence-electron chi connectivity index (χ3n) is 4.78. The van der Waals surface area contributed by atoms with Crippen molar-refractivity contribution in [2.75, 3.05) is 30.4 Å². The average molecular weight is 585 g/mol. The van der Waals surface area contributed by atoms with Gasteiger partial charge in [0, 0.05) is 22.3 Å². The first kappa shape index (κ1) is 26.3. The molecule has 0 aliphatic heterocycles. The van der Waals surface area contributed by atoms with Crippen molar-refractivity contribution in [3.05, 3.63) is 80.3 Å². The van der Waals surface area contributed by atoms with Crippen LogP contribution in [0, 0.1) is 10.1 Å². The summed E-state index contributed by atoms with van der Waals surface area (Å²) < 4.78 is 39.2. The lowest BCUT2D eigenvalue weighted by Gasteiger charge is -2.25. The van der Waals surface area contributed by atoms with Gasteiger partial charge in [-0.05, 0) is 52.3 Å². The van der Waals surface area contributed by atoms with Crippen LogP contribution in [-0.4, -0.2) is 40.0 Å². The third-order valence-corrected chi connectivity index (χ3v) is 7.82. The number of carbonyl (C=O) groups is 1. The van der Waals surface area contributed by atoms with Crippen molar-refractivity contribution in [2.24, 2.45) is 0 Å². The molecule has 0 aliphatic rings. The molecule has 0 saturated heterocycles. The number of anilines is 2. The van der Waals surface area contributed by atoms with Gasteiger partial charge in [-0.1, -0.05) is 23.7 Å². The van der Waals surface area contributed by atoms with E-state index in [0.717, 1.165) is 16.4 Å². The van der Waals surface area contributed by atoms with Gasteiger partial charge in [0.1, 0.15) is 18.0 Å². The van der Waals surface area contributed by atoms with Gasteiger partial charge in [0.2, 0.25) is 5.91 Å². The van der Waals surface area contributed by atoms with Crippen LogP contribution in [0.3, 0.4) is 0 Å². The monoisotopic (exact) mass is 583 g/mol. The maximum absolute atomic E-state index is 13.7. The van der Waals surface area contributed by atoms with Crippen LogP contribution in [0.5, 0.6) is 11.5 Å². The van der Waals surface area contributed by atoms with Crippen LogP contribution in [0.2, 0.25) is 5.02 Å². The zero-order valence-electron chi connectivity index (χ0n) is 18.4. The van der Waals surface area contributed by atoms with E-state index in [1.807, 2.05) is 0 Å². The largest absolute Gasteiger partial charge is 0.497 e. The van der Waals surface area contributed by atoms with E-state index in [2.05, 4.69) is 21.2 Å². The van der Waals surface area contributed by atoms with Crippen LogP contribution in [-0.2, 0) is 14.8 Å². The molecule has 0 heterocycles. The fourth-order valence-electron chi connectivity index (χ4n) is 3.14. The molecule has 184 valence electrons. The Kier molecular flexibility index (Phi) is 8.20. The number of rotatable bonds is 9. The number of carbonyl (C=O) groups excluding carboxylic acids is 1. The first-order chi connectivity index (χ1) is 16.6. The summed E-state index contributed by atoms with van der Waals surface area (Å²) in [6.45, 7) is -0.718. The molecule has 0 atom stereocenters. The van der Waals surface area contributed by atoms with E-state index >= 15 is 0 Å². The maximum Gasteiger partial charge on any atom is 0.289 e. The number of amides is 1. The number of ether oxygens (including phenoxy) is 2. The van der Waals surface area contributed by atoms with E-state index in [9.17, 15) is 23.3 Å². The van der Waals surface area contributed by atoms with Gasteiger partial charge in [-0.25, -0.2) is 8.42 Å². The van der Waals surface area contributed by atoms with Crippen molar-refractivity contribution in [1.29, 1.82) is 0 Å². The van der Waals surface area contributed by atoms with Crippen LogP contribution < -0.4 is 19.1 Å². The molecule has 35 heavy (non-hydrogen) atoms. The number of methoxy groups -OCH3 is 2. The van der Waals surface area contributed by atoms with Gasteiger partial charge in [0.05, 0.1) is 29.9 Å². The average Bonchev–Trinajstić information content (AvgIpc) is 2.84. The van der Waals surface area contributed by atoms with Crippen molar-refractivity contribution in [3.63, 3.8) is 0 Å². The molecule has 0 spiro atoms. The lowest BCUT2D eigenvalue weighted by Crippen LogP contribution is -2.38. The van der Waals surface area contributed by atoms with Crippen LogP contribution >= 0.6 is 27.5 Å². The van der Waals surface area contributed by atoms with Crippen molar-refractivity contribution < 1.29 is 27.6 Å². The lowest BCUT2D eigenvalue weighted by molar-refractivity contribution is -0.387. The van der Waals surface area contributed by atoms with E-state index in [4.69, 9.17) is 21.1 Å². The number of nitrogens with zero attached hydrogens (tertiary/aromatic N) is 2. The number of sulfonamides is 1. The van der Waals surface area contributed by atoms with Gasteiger partial charge in [0.25, 0.3) is 15.7 Å². The second kappa shape index (κ2) is 10.9. The molecule has 1 amide bonds. The van der Waals surface area contributed by atoms with Gasteiger partial charge in [-0.3, -0.25) is 19.2 Å². The normalized spacial score (nSPS) is 11.0. The van der Waals surface area contributed by atoms with E-state index < -0.39 is 38.0 Å². The molecule has 1 N–H and O–H groups in total. The van der Waals surface area contributed by atoms with Gasteiger partial charge >= 0.3 is 0 Å². The van der Waals surface area contributed by atoms with Crippen molar-refractivity contribution >= 4 is 60.5 Å². The van der Waals surface area contributed by atoms with Gasteiger partial charge < -0.3 is 14.8 Å². The predicted molar refractivity (Wildman–Crippen MR) is 135 cm³/mol. The van der Waals surface area contributed by atoms with Crippen molar-refractivity contribution in [2.45, 2.75) is 4.90 Å². The predicted octanol–water partition coefficient (Wildman–Crippen LogP) is 4.86. The Morgan fingerprint density at radius 1 is 1.11 bits per heavy atom. The number of halogens is 2. The van der Waals surface area contributed by atoms with Crippen LogP contribution in [0.1, 0.15) is 0 Å². The summed E-state index contributed by atoms with van der Waals surface area (Å²) in [6.07, 6.45) is 0. The molecule has 3 aromatic rings. The van der Waals surface area contributed by atoms with Crippen molar-refractivity contribution in [1.82, 2.24) is 0 Å². The first-order valence-electron chi connectivity index (χ1n) is 9.81. The van der Waals surface area contributed by atoms with E-state index in [0.29, 0.717) is 20.9 Å². The number of nitro benzene ring substituents is 1. The molecule has 0 unspecified atom stereocenters. The Balaban J connectivity index is 2.10. The standard InChI is InChI=1S/C22H19BrClN3O7S/c1-33-15-8-10-18(20(12-15)34-2)26(13-22(28)25-14-7-9-16(23)17(24)11-14)35(31,32)21-6-4-3-5-19(21)27(29)30/h3-12H,13H2,1-2H3,(H,25,28). The molecular formula is C22H19BrClN3O7S. The van der Waals surface area contributed by atoms with E-state index in [1.165, 1.54) is 50.6 Å². The van der Waals surface area contributed by atoms with E-state index in [-0.39, 0.29) is 11.4 Å². The number of para-hydroxylation sites is 1. The highest BCUT2D eigenvalue weighted by molar-refractivity contribution is 9.10. The molecule has 0 aromatic heterocycles. The maximum atomic E-state index is 13.7. The molecule has 0 aliphatic carbocycles. The number of nitrogens with one attached hydrogen (secondary N) is 1. The van der Waals surface area contributed by atoms with Crippen LogP contribution in [0.15, 0.2) is 70.0 Å². The summed E-state index contributed by atoms with van der Waals surface area (Å²) in [5.74, 6) is -0.267. The fraction of sp³-hybridized carbons (Fsp3) is 0.136. The fourth-order valence-corrected chi connectivity index (χ4v) is 5.16. The molecule has 0 saturated carbocycles. The molecule has 0 fully saturated rings. The minimum absolute atomic E-state index is 0.0181. The zero-order valence-corrected chi connectivity index (χ0v) is 21.6. The Bertz CT molecular complexity index is 1390. The van der Waals surface area contributed by atoms with Crippen LogP contribution in [0.4, 0.5) is 17.1 Å². The SMILES string of the molecule is COc1ccc(N(CC(=O)Nc2ccc(Br)c(Cl)c2)S(=O)(=O)c2ccccc2[N+](=O)[O-])c(OC)c1. The summed E-state index contributed by atoms with van der Waals surface area (Å²) >= 11 is 9.32. The summed E-state index contributed by atoms with van der Waals surface area (Å²) in [6, 6.07) is 13.8. The summed E-state index contributed by atoms with van der Waals surface area (Å²) in [5.41, 5.74) is -0.326. The minimum atomic E-state index is -4.61. The lowest BCUT2D eigenvalue weighted by atomic mass is 10.2. The highest BCUT2D eigenvalue weighted by Crippen LogP contribution is 2.37. The Morgan fingerprint density at radius 2 is 1.83 bits per heavy atom. The third kappa shape index (κ3) is 5.84. The second-order valence-corrected chi connectivity index (χ2v) is 10.0. The second-order valence-electron chi connectivity index (χ2n) is 6.95. The summed E-state index contributed by atoms with van der Waals surface area (Å²) in [4.78, 5) is 23.1. The van der Waals surface area contributed by atoms with Crippen LogP contribution in [0.25, 0.3) is 0 Å². The first-order valence-corrected chi connectivity index (χ1v) is 12.4. The molecule has 3 aromatic carbocycles. The summed E-state index contributed by atoms with van der Waals surface area (Å²) in [7, 11) is -1.87. The van der Waals surface area contributed by atoms with E-state index in [1.54, 1.807) is 12.1 Å². The highest BCUT2D eigenvalue weighted by Gasteiger charge is 2.34.